The molecule has 2 aromatic heterocycles. The predicted octanol–water partition coefficient (Wildman–Crippen LogP) is 3.52. The molecule has 2 aliphatic rings. The molecule has 1 N–H and O–H groups in total. The van der Waals surface area contributed by atoms with Gasteiger partial charge in [0.1, 0.15) is 11.2 Å². The van der Waals surface area contributed by atoms with Crippen LogP contribution in [0.25, 0.3) is 10.2 Å². The lowest BCUT2D eigenvalue weighted by atomic mass is 10.2. The van der Waals surface area contributed by atoms with Crippen LogP contribution in [0.3, 0.4) is 0 Å². The van der Waals surface area contributed by atoms with E-state index < -0.39 is 12.2 Å². The molecule has 5 rings (SSSR count). The molecule has 144 valence electrons. The van der Waals surface area contributed by atoms with Crippen molar-refractivity contribution >= 4 is 33.1 Å². The summed E-state index contributed by atoms with van der Waals surface area (Å²) >= 11 is 1.63. The van der Waals surface area contributed by atoms with Crippen LogP contribution >= 0.6 is 11.3 Å². The third-order valence-electron chi connectivity index (χ3n) is 4.49. The Morgan fingerprint density at radius 1 is 1.25 bits per heavy atom. The number of anilines is 1. The van der Waals surface area contributed by atoms with Gasteiger partial charge in [-0.15, -0.1) is 20.1 Å². The molecule has 0 bridgehead atoms. The van der Waals surface area contributed by atoms with Gasteiger partial charge in [-0.1, -0.05) is 0 Å². The average molecular weight is 405 g/mol. The Labute approximate surface area is 161 Å². The van der Waals surface area contributed by atoms with Gasteiger partial charge >= 0.3 is 6.29 Å². The molecule has 1 amide bonds. The van der Waals surface area contributed by atoms with Gasteiger partial charge in [0.15, 0.2) is 18.1 Å². The molecule has 0 spiro atoms. The number of benzene rings is 1. The highest BCUT2D eigenvalue weighted by molar-refractivity contribution is 7.18. The van der Waals surface area contributed by atoms with Crippen LogP contribution < -0.4 is 19.5 Å². The van der Waals surface area contributed by atoms with Gasteiger partial charge in [0, 0.05) is 16.6 Å². The number of amides is 1. The number of carbonyl (C=O) groups is 1. The fourth-order valence-electron chi connectivity index (χ4n) is 3.37. The topological polar surface area (TPSA) is 82.6 Å². The van der Waals surface area contributed by atoms with Gasteiger partial charge in [-0.2, -0.15) is 0 Å². The number of hydrogen-bond donors (Lipinski definition) is 1. The van der Waals surface area contributed by atoms with Crippen molar-refractivity contribution in [2.45, 2.75) is 25.6 Å². The molecular weight excluding hydrogens is 392 g/mol. The van der Waals surface area contributed by atoms with E-state index in [2.05, 4.69) is 24.8 Å². The Morgan fingerprint density at radius 3 is 3.00 bits per heavy atom. The van der Waals surface area contributed by atoms with Crippen molar-refractivity contribution in [3.05, 3.63) is 35.0 Å². The fraction of sp³-hybridized carbons (Fsp3) is 0.278. The zero-order valence-electron chi connectivity index (χ0n) is 14.3. The smallest absolute Gasteiger partial charge is 0.467 e. The van der Waals surface area contributed by atoms with Crippen LogP contribution in [-0.2, 0) is 17.6 Å². The Balaban J connectivity index is 1.28. The van der Waals surface area contributed by atoms with Gasteiger partial charge in [-0.05, 0) is 37.0 Å². The first-order valence-corrected chi connectivity index (χ1v) is 9.38. The maximum absolute atomic E-state index is 13.1. The molecular formula is C18H13F2N3O4S. The second kappa shape index (κ2) is 6.26. The summed E-state index contributed by atoms with van der Waals surface area (Å²) in [6.45, 7) is -0.276. The van der Waals surface area contributed by atoms with Crippen molar-refractivity contribution < 1.29 is 27.8 Å². The van der Waals surface area contributed by atoms with Crippen LogP contribution in [0, 0.1) is 0 Å². The number of hydrogen-bond acceptors (Lipinski definition) is 7. The monoisotopic (exact) mass is 405 g/mol. The van der Waals surface area contributed by atoms with E-state index in [0.29, 0.717) is 5.88 Å². The molecule has 1 aliphatic heterocycles. The number of rotatable bonds is 4. The number of ether oxygens (including phenoxy) is 3. The lowest BCUT2D eigenvalue weighted by Gasteiger charge is -2.08. The third-order valence-corrected chi connectivity index (χ3v) is 5.69. The quantitative estimate of drug-likeness (QED) is 0.715. The molecule has 3 heterocycles. The molecule has 0 saturated heterocycles. The minimum absolute atomic E-state index is 0.0889. The third kappa shape index (κ3) is 2.99. The number of aromatic nitrogens is 2. The van der Waals surface area contributed by atoms with Crippen LogP contribution in [0.2, 0.25) is 0 Å². The molecule has 3 aromatic rings. The van der Waals surface area contributed by atoms with E-state index in [1.807, 2.05) is 0 Å². The van der Waals surface area contributed by atoms with Crippen molar-refractivity contribution in [2.24, 2.45) is 0 Å². The molecule has 7 nitrogen and oxygen atoms in total. The number of carbonyl (C=O) groups excluding carboxylic acids is 1. The number of halogens is 2. The Kier molecular flexibility index (Phi) is 3.83. The molecule has 0 radical (unpaired) electrons. The van der Waals surface area contributed by atoms with Gasteiger partial charge in [0.25, 0.3) is 5.91 Å². The molecule has 1 aromatic carbocycles. The number of thiophene rings is 1. The largest absolute Gasteiger partial charge is 0.586 e. The van der Waals surface area contributed by atoms with Crippen LogP contribution in [0.1, 0.15) is 16.9 Å². The van der Waals surface area contributed by atoms with Crippen LogP contribution in [0.4, 0.5) is 14.5 Å². The van der Waals surface area contributed by atoms with Crippen molar-refractivity contribution in [3.63, 3.8) is 0 Å². The summed E-state index contributed by atoms with van der Waals surface area (Å²) in [6, 6.07) is 4.01. The van der Waals surface area contributed by atoms with Crippen LogP contribution in [0.5, 0.6) is 17.4 Å². The molecule has 0 saturated carbocycles. The average Bonchev–Trinajstić information content (AvgIpc) is 3.30. The highest BCUT2D eigenvalue weighted by Gasteiger charge is 2.43. The number of fused-ring (bicyclic) bond motifs is 4. The van der Waals surface area contributed by atoms with E-state index in [4.69, 9.17) is 4.74 Å². The summed E-state index contributed by atoms with van der Waals surface area (Å²) in [5, 5.41) is 3.45. The van der Waals surface area contributed by atoms with E-state index in [-0.39, 0.29) is 23.8 Å². The Hall–Kier alpha value is -3.01. The first-order chi connectivity index (χ1) is 13.5. The number of nitrogens with one attached hydrogen (secondary N) is 1. The predicted molar refractivity (Wildman–Crippen MR) is 96.2 cm³/mol. The second-order valence-corrected chi connectivity index (χ2v) is 7.47. The molecule has 0 fully saturated rings. The lowest BCUT2D eigenvalue weighted by molar-refractivity contribution is -0.286. The fourth-order valence-corrected chi connectivity index (χ4v) is 4.59. The highest BCUT2D eigenvalue weighted by Crippen LogP contribution is 2.42. The van der Waals surface area contributed by atoms with Crippen LogP contribution in [-0.4, -0.2) is 28.8 Å². The van der Waals surface area contributed by atoms with E-state index in [1.165, 1.54) is 35.0 Å². The number of alkyl halides is 2. The summed E-state index contributed by atoms with van der Waals surface area (Å²) in [6.07, 6.45) is 0.786. The maximum atomic E-state index is 13.1. The Bertz CT molecular complexity index is 1100. The molecule has 0 unspecified atom stereocenters. The highest BCUT2D eigenvalue weighted by atomic mass is 32.1. The maximum Gasteiger partial charge on any atom is 0.586 e. The first kappa shape index (κ1) is 17.1. The summed E-state index contributed by atoms with van der Waals surface area (Å²) in [5.74, 6) is -0.307. The molecule has 10 heteroatoms. The Morgan fingerprint density at radius 2 is 2.11 bits per heavy atom. The zero-order chi connectivity index (χ0) is 19.3. The summed E-state index contributed by atoms with van der Waals surface area (Å²) in [5.41, 5.74) is 1.49. The second-order valence-electron chi connectivity index (χ2n) is 6.38. The summed E-state index contributed by atoms with van der Waals surface area (Å²) in [4.78, 5) is 22.8. The van der Waals surface area contributed by atoms with Gasteiger partial charge in [-0.25, -0.2) is 9.97 Å². The van der Waals surface area contributed by atoms with Crippen molar-refractivity contribution in [1.29, 1.82) is 0 Å². The van der Waals surface area contributed by atoms with Crippen molar-refractivity contribution in [3.8, 4) is 17.4 Å². The van der Waals surface area contributed by atoms with Gasteiger partial charge < -0.3 is 19.5 Å². The van der Waals surface area contributed by atoms with E-state index in [9.17, 15) is 13.6 Å². The van der Waals surface area contributed by atoms with Crippen molar-refractivity contribution in [2.75, 3.05) is 11.9 Å². The number of nitrogens with zero attached hydrogens (tertiary/aromatic N) is 2. The first-order valence-electron chi connectivity index (χ1n) is 8.56. The zero-order valence-corrected chi connectivity index (χ0v) is 15.1. The van der Waals surface area contributed by atoms with Gasteiger partial charge in [-0.3, -0.25) is 4.79 Å². The van der Waals surface area contributed by atoms with Crippen molar-refractivity contribution in [1.82, 2.24) is 9.97 Å². The summed E-state index contributed by atoms with van der Waals surface area (Å²) in [7, 11) is 0. The molecule has 28 heavy (non-hydrogen) atoms. The standard InChI is InChI=1S/C18H13F2N3O4S/c19-18(20)26-11-5-4-9(6-12(11)27-18)23-14(24)7-25-16-15-10-2-1-3-13(10)28-17(15)22-8-21-16/h4-6,8H,1-3,7H2,(H,23,24). The van der Waals surface area contributed by atoms with E-state index >= 15 is 0 Å². The molecule has 1 aliphatic carbocycles. The van der Waals surface area contributed by atoms with E-state index in [1.54, 1.807) is 11.3 Å². The van der Waals surface area contributed by atoms with Gasteiger partial charge in [0.2, 0.25) is 5.88 Å². The minimum Gasteiger partial charge on any atom is -0.467 e. The lowest BCUT2D eigenvalue weighted by Crippen LogP contribution is -2.25. The summed E-state index contributed by atoms with van der Waals surface area (Å²) < 4.78 is 40.5. The molecule has 0 atom stereocenters. The van der Waals surface area contributed by atoms with Gasteiger partial charge in [0.05, 0.1) is 5.39 Å². The van der Waals surface area contributed by atoms with E-state index in [0.717, 1.165) is 29.5 Å². The number of aryl methyl sites for hydroxylation is 2. The minimum atomic E-state index is -3.70. The normalized spacial score (nSPS) is 16.2. The van der Waals surface area contributed by atoms with Crippen LogP contribution in [0.15, 0.2) is 24.5 Å². The SMILES string of the molecule is O=C(COc1ncnc2sc3c(c12)CCC3)Nc1ccc2c(c1)OC(F)(F)O2.